The smallest absolute Gasteiger partial charge is 0.305 e. The molecule has 0 amide bonds. The van der Waals surface area contributed by atoms with Crippen LogP contribution in [0, 0.1) is 5.92 Å². The van der Waals surface area contributed by atoms with Crippen molar-refractivity contribution in [3.63, 3.8) is 0 Å². The number of esters is 2. The lowest BCUT2D eigenvalue weighted by atomic mass is 10.0. The average Bonchev–Trinajstić information content (AvgIpc) is 3.02. The monoisotopic (exact) mass is 630 g/mol. The SMILES string of the molecule is CC/C=C\C(O)C/C=C/C=C\C/C=C\C/C=C\CCCC(=O)OC[C@H](O)COC(=O)CCCCCCCCCCCCC(C)C. The maximum atomic E-state index is 11.9. The minimum atomic E-state index is -0.998. The van der Waals surface area contributed by atoms with Gasteiger partial charge >= 0.3 is 11.9 Å². The third kappa shape index (κ3) is 34.3. The molecule has 0 saturated heterocycles. The van der Waals surface area contributed by atoms with Gasteiger partial charge in [0.15, 0.2) is 0 Å². The molecular formula is C39H66O6. The van der Waals surface area contributed by atoms with Gasteiger partial charge in [-0.3, -0.25) is 9.59 Å². The minimum Gasteiger partial charge on any atom is -0.463 e. The number of carbonyl (C=O) groups is 2. The Labute approximate surface area is 275 Å². The number of aliphatic hydroxyl groups excluding tert-OH is 2. The molecule has 258 valence electrons. The second kappa shape index (κ2) is 32.9. The Hall–Kier alpha value is -2.44. The van der Waals surface area contributed by atoms with E-state index in [1.165, 1.54) is 51.4 Å². The molecular weight excluding hydrogens is 564 g/mol. The Morgan fingerprint density at radius 1 is 0.622 bits per heavy atom. The van der Waals surface area contributed by atoms with Crippen LogP contribution in [0.3, 0.4) is 0 Å². The summed E-state index contributed by atoms with van der Waals surface area (Å²) in [6.45, 7) is 6.32. The number of hydrogen-bond acceptors (Lipinski definition) is 6. The lowest BCUT2D eigenvalue weighted by Crippen LogP contribution is -2.25. The molecule has 0 aromatic carbocycles. The van der Waals surface area contributed by atoms with E-state index < -0.39 is 12.2 Å². The summed E-state index contributed by atoms with van der Waals surface area (Å²) in [5, 5.41) is 19.7. The highest BCUT2D eigenvalue weighted by Crippen LogP contribution is 2.14. The molecule has 6 heteroatoms. The van der Waals surface area contributed by atoms with E-state index in [0.717, 1.165) is 50.9 Å². The molecule has 1 unspecified atom stereocenters. The fourth-order valence-electron chi connectivity index (χ4n) is 4.56. The van der Waals surface area contributed by atoms with E-state index in [2.05, 4.69) is 44.2 Å². The Bertz CT molecular complexity index is 838. The van der Waals surface area contributed by atoms with Gasteiger partial charge in [0.2, 0.25) is 0 Å². The average molecular weight is 631 g/mol. The molecule has 0 rings (SSSR count). The van der Waals surface area contributed by atoms with Crippen LogP contribution in [-0.4, -0.2) is 47.6 Å². The van der Waals surface area contributed by atoms with Gasteiger partial charge in [-0.05, 0) is 50.9 Å². The van der Waals surface area contributed by atoms with E-state index in [0.29, 0.717) is 19.3 Å². The van der Waals surface area contributed by atoms with Gasteiger partial charge in [0.05, 0.1) is 6.10 Å². The molecule has 0 heterocycles. The summed E-state index contributed by atoms with van der Waals surface area (Å²) in [7, 11) is 0. The topological polar surface area (TPSA) is 93.1 Å². The van der Waals surface area contributed by atoms with E-state index in [1.54, 1.807) is 0 Å². The Kier molecular flexibility index (Phi) is 31.2. The summed E-state index contributed by atoms with van der Waals surface area (Å²) in [6.07, 6.45) is 37.6. The first-order valence-corrected chi connectivity index (χ1v) is 17.8. The first-order valence-electron chi connectivity index (χ1n) is 17.8. The van der Waals surface area contributed by atoms with E-state index in [1.807, 2.05) is 37.3 Å². The van der Waals surface area contributed by atoms with E-state index >= 15 is 0 Å². The highest BCUT2D eigenvalue weighted by Gasteiger charge is 2.12. The van der Waals surface area contributed by atoms with Crippen LogP contribution in [0.5, 0.6) is 0 Å². The molecule has 2 atom stereocenters. The van der Waals surface area contributed by atoms with Crippen molar-refractivity contribution in [1.29, 1.82) is 0 Å². The van der Waals surface area contributed by atoms with Gasteiger partial charge in [0.25, 0.3) is 0 Å². The number of carbonyl (C=O) groups excluding carboxylic acids is 2. The van der Waals surface area contributed by atoms with Crippen LogP contribution in [0.15, 0.2) is 60.8 Å². The third-order valence-electron chi connectivity index (χ3n) is 7.27. The summed E-state index contributed by atoms with van der Waals surface area (Å²) in [5.41, 5.74) is 0. The largest absolute Gasteiger partial charge is 0.463 e. The van der Waals surface area contributed by atoms with Crippen molar-refractivity contribution in [3.8, 4) is 0 Å². The summed E-state index contributed by atoms with van der Waals surface area (Å²) in [5.74, 6) is 0.160. The molecule has 0 aliphatic heterocycles. The molecule has 0 aromatic heterocycles. The number of hydrogen-bond donors (Lipinski definition) is 2. The number of rotatable bonds is 30. The summed E-state index contributed by atoms with van der Waals surface area (Å²) in [6, 6.07) is 0. The quantitative estimate of drug-likeness (QED) is 0.0355. The van der Waals surface area contributed by atoms with Gasteiger partial charge in [-0.1, -0.05) is 146 Å². The third-order valence-corrected chi connectivity index (χ3v) is 7.27. The lowest BCUT2D eigenvalue weighted by Gasteiger charge is -2.12. The van der Waals surface area contributed by atoms with Crippen LogP contribution in [0.1, 0.15) is 143 Å². The van der Waals surface area contributed by atoms with Crippen molar-refractivity contribution in [2.45, 2.75) is 155 Å². The fraction of sp³-hybridized carbons (Fsp3) is 0.692. The number of aliphatic hydroxyl groups is 2. The predicted octanol–water partition coefficient (Wildman–Crippen LogP) is 9.66. The van der Waals surface area contributed by atoms with E-state index in [4.69, 9.17) is 9.47 Å². The Balaban J connectivity index is 3.62. The van der Waals surface area contributed by atoms with Crippen LogP contribution in [-0.2, 0) is 19.1 Å². The van der Waals surface area contributed by atoms with Crippen LogP contribution in [0.2, 0.25) is 0 Å². The first kappa shape index (κ1) is 42.6. The van der Waals surface area contributed by atoms with Crippen molar-refractivity contribution in [2.24, 2.45) is 5.92 Å². The molecule has 0 saturated carbocycles. The molecule has 0 radical (unpaired) electrons. The molecule has 0 aliphatic carbocycles. The van der Waals surface area contributed by atoms with Crippen molar-refractivity contribution >= 4 is 11.9 Å². The second-order valence-electron chi connectivity index (χ2n) is 12.3. The summed E-state index contributed by atoms with van der Waals surface area (Å²) < 4.78 is 10.2. The maximum Gasteiger partial charge on any atom is 0.305 e. The van der Waals surface area contributed by atoms with Gasteiger partial charge in [0.1, 0.15) is 19.3 Å². The summed E-state index contributed by atoms with van der Waals surface area (Å²) in [4.78, 5) is 23.8. The number of ether oxygens (including phenoxy) is 2. The van der Waals surface area contributed by atoms with Crippen molar-refractivity contribution in [3.05, 3.63) is 60.8 Å². The zero-order valence-corrected chi connectivity index (χ0v) is 28.9. The zero-order valence-electron chi connectivity index (χ0n) is 28.9. The zero-order chi connectivity index (χ0) is 33.2. The highest BCUT2D eigenvalue weighted by molar-refractivity contribution is 5.69. The normalized spacial score (nSPS) is 13.7. The molecule has 0 aromatic rings. The summed E-state index contributed by atoms with van der Waals surface area (Å²) >= 11 is 0. The number of allylic oxidation sites excluding steroid dienone is 8. The molecule has 0 spiro atoms. The fourth-order valence-corrected chi connectivity index (χ4v) is 4.56. The van der Waals surface area contributed by atoms with Crippen molar-refractivity contribution in [2.75, 3.05) is 13.2 Å². The molecule has 0 bridgehead atoms. The van der Waals surface area contributed by atoms with Gasteiger partial charge in [-0.25, -0.2) is 0 Å². The van der Waals surface area contributed by atoms with Gasteiger partial charge in [0, 0.05) is 12.8 Å². The van der Waals surface area contributed by atoms with Gasteiger partial charge in [-0.2, -0.15) is 0 Å². The van der Waals surface area contributed by atoms with Crippen LogP contribution in [0.25, 0.3) is 0 Å². The van der Waals surface area contributed by atoms with Gasteiger partial charge in [-0.15, -0.1) is 0 Å². The Morgan fingerprint density at radius 3 is 1.73 bits per heavy atom. The number of unbranched alkanes of at least 4 members (excludes halogenated alkanes) is 10. The molecule has 0 aliphatic rings. The van der Waals surface area contributed by atoms with Crippen LogP contribution >= 0.6 is 0 Å². The first-order chi connectivity index (χ1) is 21.8. The maximum absolute atomic E-state index is 11.9. The Morgan fingerprint density at radius 2 is 1.13 bits per heavy atom. The van der Waals surface area contributed by atoms with Gasteiger partial charge < -0.3 is 19.7 Å². The molecule has 45 heavy (non-hydrogen) atoms. The van der Waals surface area contributed by atoms with Crippen LogP contribution < -0.4 is 0 Å². The van der Waals surface area contributed by atoms with E-state index in [-0.39, 0.29) is 31.6 Å². The van der Waals surface area contributed by atoms with Crippen molar-refractivity contribution in [1.82, 2.24) is 0 Å². The lowest BCUT2D eigenvalue weighted by molar-refractivity contribution is -0.152. The van der Waals surface area contributed by atoms with Crippen LogP contribution in [0.4, 0.5) is 0 Å². The van der Waals surface area contributed by atoms with Crippen molar-refractivity contribution < 1.29 is 29.3 Å². The molecule has 6 nitrogen and oxygen atoms in total. The minimum absolute atomic E-state index is 0.146. The predicted molar refractivity (Wildman–Crippen MR) is 188 cm³/mol. The second-order valence-corrected chi connectivity index (χ2v) is 12.3. The molecule has 0 fully saturated rings. The highest BCUT2D eigenvalue weighted by atomic mass is 16.6. The standard InChI is InChI=1S/C39H66O6/c1-4-5-29-36(40)30-25-21-17-13-8-6-7-9-14-18-22-26-31-38(42)44-33-37(41)34-45-39(43)32-27-23-19-15-11-10-12-16-20-24-28-35(2)3/h5-7,13-14,17-18,21,25,29,35-37,40-41H,4,8-12,15-16,19-20,22-24,26-28,30-34H2,1-3H3/b7-6-,17-13-,18-14-,25-21+,29-5-/t36?,37-/m0/s1. The van der Waals surface area contributed by atoms with E-state index in [9.17, 15) is 19.8 Å². The molecule has 2 N–H and O–H groups in total.